The fraction of sp³-hybridized carbons (Fsp3) is 0.600. The molecule has 0 fully saturated rings. The number of nitrogens with two attached hydrogens (primary N) is 1. The van der Waals surface area contributed by atoms with Gasteiger partial charge in [-0.2, -0.15) is 0 Å². The van der Waals surface area contributed by atoms with E-state index in [1.807, 2.05) is 11.8 Å². The highest BCUT2D eigenvalue weighted by molar-refractivity contribution is 8.00. The molecule has 0 radical (unpaired) electrons. The van der Waals surface area contributed by atoms with E-state index in [0.29, 0.717) is 17.2 Å². The molecule has 0 aliphatic heterocycles. The van der Waals surface area contributed by atoms with Gasteiger partial charge in [-0.3, -0.25) is 0 Å². The molecule has 1 aromatic carbocycles. The Hall–Kier alpha value is -0.470. The van der Waals surface area contributed by atoms with Gasteiger partial charge in [0.1, 0.15) is 0 Å². The average Bonchev–Trinajstić information content (AvgIpc) is 2.31. The van der Waals surface area contributed by atoms with Gasteiger partial charge in [0, 0.05) is 16.2 Å². The third-order valence-corrected chi connectivity index (χ3v) is 4.67. The predicted molar refractivity (Wildman–Crippen MR) is 78.6 cm³/mol. The molecule has 0 aromatic heterocycles. The zero-order chi connectivity index (χ0) is 12.8. The molecular weight excluding hydrogens is 226 g/mol. The number of hydrogen-bond acceptors (Lipinski definition) is 2. The van der Waals surface area contributed by atoms with Gasteiger partial charge in [-0.25, -0.2) is 0 Å². The van der Waals surface area contributed by atoms with Gasteiger partial charge in [0.2, 0.25) is 0 Å². The van der Waals surface area contributed by atoms with Crippen LogP contribution in [0.25, 0.3) is 0 Å². The topological polar surface area (TPSA) is 26.0 Å². The van der Waals surface area contributed by atoms with Gasteiger partial charge in [0.05, 0.1) is 0 Å². The summed E-state index contributed by atoms with van der Waals surface area (Å²) in [4.78, 5) is 1.36. The summed E-state index contributed by atoms with van der Waals surface area (Å²) in [5.74, 6) is 0.716. The van der Waals surface area contributed by atoms with Crippen LogP contribution in [-0.2, 0) is 6.42 Å². The van der Waals surface area contributed by atoms with E-state index >= 15 is 0 Å². The number of benzene rings is 1. The Morgan fingerprint density at radius 2 is 1.71 bits per heavy atom. The fourth-order valence-electron chi connectivity index (χ4n) is 1.50. The van der Waals surface area contributed by atoms with E-state index in [-0.39, 0.29) is 0 Å². The Morgan fingerprint density at radius 3 is 2.18 bits per heavy atom. The van der Waals surface area contributed by atoms with Crippen LogP contribution in [-0.4, -0.2) is 11.3 Å². The van der Waals surface area contributed by atoms with E-state index in [4.69, 9.17) is 5.73 Å². The zero-order valence-electron chi connectivity index (χ0n) is 11.4. The monoisotopic (exact) mass is 251 g/mol. The molecule has 0 spiro atoms. The Kier molecular flexibility index (Phi) is 6.07. The van der Waals surface area contributed by atoms with Crippen LogP contribution in [0, 0.1) is 5.92 Å². The van der Waals surface area contributed by atoms with Crippen molar-refractivity contribution in [3.05, 3.63) is 29.8 Å². The number of rotatable bonds is 6. The first kappa shape index (κ1) is 14.6. The molecule has 0 saturated heterocycles. The first-order chi connectivity index (χ1) is 8.02. The second kappa shape index (κ2) is 7.07. The van der Waals surface area contributed by atoms with E-state index in [1.165, 1.54) is 10.5 Å². The summed E-state index contributed by atoms with van der Waals surface area (Å²) < 4.78 is 0. The summed E-state index contributed by atoms with van der Waals surface area (Å²) in [6, 6.07) is 9.17. The lowest BCUT2D eigenvalue weighted by Crippen LogP contribution is -2.21. The summed E-state index contributed by atoms with van der Waals surface area (Å²) in [5.41, 5.74) is 7.31. The normalized spacial score (nSPS) is 14.9. The smallest absolute Gasteiger partial charge is 0.00890 e. The SMILES string of the molecule is CCC(N)Cc1ccc(SC(C)C(C)C)cc1. The van der Waals surface area contributed by atoms with Crippen molar-refractivity contribution < 1.29 is 0 Å². The van der Waals surface area contributed by atoms with Crippen molar-refractivity contribution in [2.45, 2.75) is 56.7 Å². The van der Waals surface area contributed by atoms with Gasteiger partial charge in [0.15, 0.2) is 0 Å². The zero-order valence-corrected chi connectivity index (χ0v) is 12.3. The number of thioether (sulfide) groups is 1. The summed E-state index contributed by atoms with van der Waals surface area (Å²) in [7, 11) is 0. The van der Waals surface area contributed by atoms with Gasteiger partial charge >= 0.3 is 0 Å². The molecule has 0 aliphatic rings. The minimum atomic E-state index is 0.295. The Labute approximate surface area is 110 Å². The molecule has 0 amide bonds. The first-order valence-electron chi connectivity index (χ1n) is 6.54. The van der Waals surface area contributed by atoms with Crippen LogP contribution < -0.4 is 5.73 Å². The average molecular weight is 251 g/mol. The third kappa shape index (κ3) is 5.13. The molecule has 0 saturated carbocycles. The molecule has 2 unspecified atom stereocenters. The minimum absolute atomic E-state index is 0.295. The summed E-state index contributed by atoms with van der Waals surface area (Å²) >= 11 is 1.95. The van der Waals surface area contributed by atoms with E-state index in [0.717, 1.165) is 12.8 Å². The standard InChI is InChI=1S/C15H25NS/c1-5-14(16)10-13-6-8-15(9-7-13)17-12(4)11(2)3/h6-9,11-12,14H,5,10,16H2,1-4H3. The molecule has 1 nitrogen and oxygen atoms in total. The van der Waals surface area contributed by atoms with Crippen LogP contribution in [0.15, 0.2) is 29.2 Å². The second-order valence-corrected chi connectivity index (χ2v) is 6.53. The molecule has 0 bridgehead atoms. The van der Waals surface area contributed by atoms with Crippen molar-refractivity contribution in [1.29, 1.82) is 0 Å². The second-order valence-electron chi connectivity index (χ2n) is 5.08. The molecule has 2 heteroatoms. The van der Waals surface area contributed by atoms with Crippen molar-refractivity contribution in [2.24, 2.45) is 11.7 Å². The Bertz CT molecular complexity index is 318. The van der Waals surface area contributed by atoms with Gasteiger partial charge in [-0.05, 0) is 36.5 Å². The summed E-state index contributed by atoms with van der Waals surface area (Å²) in [6.45, 7) is 8.97. The molecule has 2 N–H and O–H groups in total. The molecular formula is C15H25NS. The van der Waals surface area contributed by atoms with Crippen LogP contribution >= 0.6 is 11.8 Å². The molecule has 1 rings (SSSR count). The van der Waals surface area contributed by atoms with Gasteiger partial charge < -0.3 is 5.73 Å². The van der Waals surface area contributed by atoms with E-state index in [9.17, 15) is 0 Å². The molecule has 0 heterocycles. The maximum Gasteiger partial charge on any atom is 0.00890 e. The highest BCUT2D eigenvalue weighted by Crippen LogP contribution is 2.27. The Balaban J connectivity index is 2.56. The van der Waals surface area contributed by atoms with Crippen LogP contribution in [0.3, 0.4) is 0 Å². The first-order valence-corrected chi connectivity index (χ1v) is 7.42. The maximum absolute atomic E-state index is 5.96. The molecule has 1 aromatic rings. The van der Waals surface area contributed by atoms with E-state index in [2.05, 4.69) is 52.0 Å². The van der Waals surface area contributed by atoms with Crippen LogP contribution in [0.4, 0.5) is 0 Å². The maximum atomic E-state index is 5.96. The van der Waals surface area contributed by atoms with Crippen LogP contribution in [0.5, 0.6) is 0 Å². The van der Waals surface area contributed by atoms with Crippen molar-refractivity contribution in [1.82, 2.24) is 0 Å². The van der Waals surface area contributed by atoms with Crippen molar-refractivity contribution >= 4 is 11.8 Å². The van der Waals surface area contributed by atoms with Gasteiger partial charge in [0.25, 0.3) is 0 Å². The van der Waals surface area contributed by atoms with E-state index in [1.54, 1.807) is 0 Å². The highest BCUT2D eigenvalue weighted by Gasteiger charge is 2.08. The highest BCUT2D eigenvalue weighted by atomic mass is 32.2. The minimum Gasteiger partial charge on any atom is -0.327 e. The third-order valence-electron chi connectivity index (χ3n) is 3.21. The predicted octanol–water partition coefficient (Wildman–Crippen LogP) is 4.10. The lowest BCUT2D eigenvalue weighted by Gasteiger charge is -2.15. The van der Waals surface area contributed by atoms with Crippen molar-refractivity contribution in [2.75, 3.05) is 0 Å². The quantitative estimate of drug-likeness (QED) is 0.770. The molecule has 96 valence electrons. The fourth-order valence-corrected chi connectivity index (χ4v) is 2.50. The Morgan fingerprint density at radius 1 is 1.12 bits per heavy atom. The molecule has 0 aliphatic carbocycles. The van der Waals surface area contributed by atoms with Crippen molar-refractivity contribution in [3.8, 4) is 0 Å². The van der Waals surface area contributed by atoms with Crippen LogP contribution in [0.2, 0.25) is 0 Å². The summed E-state index contributed by atoms with van der Waals surface area (Å²) in [6.07, 6.45) is 2.03. The van der Waals surface area contributed by atoms with Crippen molar-refractivity contribution in [3.63, 3.8) is 0 Å². The van der Waals surface area contributed by atoms with Crippen LogP contribution in [0.1, 0.15) is 39.7 Å². The summed E-state index contributed by atoms with van der Waals surface area (Å²) in [5, 5.41) is 0.666. The lowest BCUT2D eigenvalue weighted by molar-refractivity contribution is 0.642. The molecule has 2 atom stereocenters. The molecule has 17 heavy (non-hydrogen) atoms. The van der Waals surface area contributed by atoms with E-state index < -0.39 is 0 Å². The number of hydrogen-bond donors (Lipinski definition) is 1. The van der Waals surface area contributed by atoms with Gasteiger partial charge in [-0.1, -0.05) is 39.8 Å². The lowest BCUT2D eigenvalue weighted by atomic mass is 10.1. The largest absolute Gasteiger partial charge is 0.327 e. The van der Waals surface area contributed by atoms with Gasteiger partial charge in [-0.15, -0.1) is 11.8 Å².